The molecule has 1 fully saturated rings. The second kappa shape index (κ2) is 6.47. The smallest absolute Gasteiger partial charge is 0.225 e. The third-order valence-corrected chi connectivity index (χ3v) is 3.62. The van der Waals surface area contributed by atoms with Crippen LogP contribution in [0.25, 0.3) is 0 Å². The van der Waals surface area contributed by atoms with Gasteiger partial charge in [-0.15, -0.1) is 0 Å². The van der Waals surface area contributed by atoms with Crippen molar-refractivity contribution in [2.24, 2.45) is 5.92 Å². The molecule has 1 atom stereocenters. The largest absolute Gasteiger partial charge is 0.341 e. The van der Waals surface area contributed by atoms with Crippen LogP contribution >= 0.6 is 0 Å². The maximum atomic E-state index is 10.6. The van der Waals surface area contributed by atoms with Gasteiger partial charge in [-0.2, -0.15) is 0 Å². The molecule has 1 aliphatic rings. The molecule has 2 heterocycles. The third-order valence-electron chi connectivity index (χ3n) is 3.62. The van der Waals surface area contributed by atoms with E-state index in [9.17, 15) is 4.79 Å². The van der Waals surface area contributed by atoms with Crippen LogP contribution in [0.2, 0.25) is 0 Å². The number of rotatable bonds is 4. The summed E-state index contributed by atoms with van der Waals surface area (Å²) < 4.78 is 0. The number of anilines is 1. The van der Waals surface area contributed by atoms with Crippen LogP contribution < -0.4 is 4.90 Å². The molecule has 1 aromatic rings. The number of aldehydes is 1. The first-order valence-electron chi connectivity index (χ1n) is 6.85. The lowest BCUT2D eigenvalue weighted by Gasteiger charge is -2.20. The summed E-state index contributed by atoms with van der Waals surface area (Å²) in [7, 11) is 0. The molecule has 18 heavy (non-hydrogen) atoms. The van der Waals surface area contributed by atoms with Gasteiger partial charge in [0.1, 0.15) is 0 Å². The van der Waals surface area contributed by atoms with Crippen molar-refractivity contribution in [3.8, 4) is 0 Å². The zero-order valence-corrected chi connectivity index (χ0v) is 11.0. The monoisotopic (exact) mass is 247 g/mol. The Morgan fingerprint density at radius 1 is 1.33 bits per heavy atom. The summed E-state index contributed by atoms with van der Waals surface area (Å²) in [5.41, 5.74) is 0.539. The molecule has 0 bridgehead atoms. The van der Waals surface area contributed by atoms with E-state index in [4.69, 9.17) is 0 Å². The minimum atomic E-state index is 0.539. The highest BCUT2D eigenvalue weighted by Gasteiger charge is 2.17. The zero-order valence-electron chi connectivity index (χ0n) is 11.0. The summed E-state index contributed by atoms with van der Waals surface area (Å²) in [5.74, 6) is 1.62. The van der Waals surface area contributed by atoms with Crippen LogP contribution in [0.4, 0.5) is 5.95 Å². The summed E-state index contributed by atoms with van der Waals surface area (Å²) in [6.45, 7) is 4.32. The SMILES string of the molecule is CCCC1CCCN(c2ncc(C=O)cn2)CC1. The molecule has 1 aromatic heterocycles. The summed E-state index contributed by atoms with van der Waals surface area (Å²) in [5, 5.41) is 0. The lowest BCUT2D eigenvalue weighted by atomic mass is 9.96. The fourth-order valence-corrected chi connectivity index (χ4v) is 2.62. The van der Waals surface area contributed by atoms with Crippen LogP contribution in [-0.4, -0.2) is 29.3 Å². The Morgan fingerprint density at radius 3 is 2.78 bits per heavy atom. The van der Waals surface area contributed by atoms with Gasteiger partial charge in [0.05, 0.1) is 5.56 Å². The third kappa shape index (κ3) is 3.28. The maximum absolute atomic E-state index is 10.6. The molecule has 0 amide bonds. The zero-order chi connectivity index (χ0) is 12.8. The Hall–Kier alpha value is -1.45. The van der Waals surface area contributed by atoms with Gasteiger partial charge in [0.15, 0.2) is 6.29 Å². The Kier molecular flexibility index (Phi) is 4.67. The van der Waals surface area contributed by atoms with E-state index < -0.39 is 0 Å². The van der Waals surface area contributed by atoms with E-state index in [1.807, 2.05) is 0 Å². The molecule has 98 valence electrons. The number of hydrogen-bond donors (Lipinski definition) is 0. The predicted octanol–water partition coefficient (Wildman–Crippen LogP) is 2.70. The van der Waals surface area contributed by atoms with Crippen LogP contribution in [0.3, 0.4) is 0 Å². The molecule has 1 aliphatic heterocycles. The topological polar surface area (TPSA) is 46.1 Å². The predicted molar refractivity (Wildman–Crippen MR) is 71.9 cm³/mol. The van der Waals surface area contributed by atoms with Gasteiger partial charge in [0.25, 0.3) is 0 Å². The van der Waals surface area contributed by atoms with Crippen LogP contribution in [-0.2, 0) is 0 Å². The first kappa shape index (κ1) is 13.0. The van der Waals surface area contributed by atoms with Gasteiger partial charge in [-0.1, -0.05) is 19.8 Å². The molecular weight excluding hydrogens is 226 g/mol. The minimum absolute atomic E-state index is 0.539. The van der Waals surface area contributed by atoms with E-state index >= 15 is 0 Å². The normalized spacial score (nSPS) is 20.5. The lowest BCUT2D eigenvalue weighted by Crippen LogP contribution is -2.26. The van der Waals surface area contributed by atoms with E-state index in [2.05, 4.69) is 21.8 Å². The van der Waals surface area contributed by atoms with Gasteiger partial charge in [-0.3, -0.25) is 4.79 Å². The Labute approximate surface area is 108 Å². The Balaban J connectivity index is 1.98. The van der Waals surface area contributed by atoms with Crippen LogP contribution in [0, 0.1) is 5.92 Å². The average molecular weight is 247 g/mol. The molecule has 0 aliphatic carbocycles. The van der Waals surface area contributed by atoms with Crippen molar-refractivity contribution in [1.82, 2.24) is 9.97 Å². The van der Waals surface area contributed by atoms with Crippen molar-refractivity contribution in [3.63, 3.8) is 0 Å². The number of nitrogens with zero attached hydrogens (tertiary/aromatic N) is 3. The van der Waals surface area contributed by atoms with E-state index in [0.717, 1.165) is 31.2 Å². The van der Waals surface area contributed by atoms with Crippen molar-refractivity contribution in [2.75, 3.05) is 18.0 Å². The van der Waals surface area contributed by atoms with Gasteiger partial charge in [0, 0.05) is 25.5 Å². The molecule has 0 saturated carbocycles. The molecule has 2 rings (SSSR count). The van der Waals surface area contributed by atoms with Gasteiger partial charge in [-0.05, 0) is 25.2 Å². The van der Waals surface area contributed by atoms with E-state index in [0.29, 0.717) is 5.56 Å². The van der Waals surface area contributed by atoms with Crippen LogP contribution in [0.15, 0.2) is 12.4 Å². The molecule has 0 N–H and O–H groups in total. The number of hydrogen-bond acceptors (Lipinski definition) is 4. The van der Waals surface area contributed by atoms with Gasteiger partial charge in [-0.25, -0.2) is 9.97 Å². The maximum Gasteiger partial charge on any atom is 0.225 e. The van der Waals surface area contributed by atoms with E-state index in [-0.39, 0.29) is 0 Å². The first-order chi connectivity index (χ1) is 8.83. The first-order valence-corrected chi connectivity index (χ1v) is 6.85. The summed E-state index contributed by atoms with van der Waals surface area (Å²) in [6.07, 6.45) is 10.3. The van der Waals surface area contributed by atoms with Crippen LogP contribution in [0.1, 0.15) is 49.4 Å². The quantitative estimate of drug-likeness (QED) is 0.767. The van der Waals surface area contributed by atoms with Gasteiger partial charge >= 0.3 is 0 Å². The molecule has 0 radical (unpaired) electrons. The molecule has 4 heteroatoms. The standard InChI is InChI=1S/C14H21N3O/c1-2-4-12-5-3-7-17(8-6-12)14-15-9-13(11-18)10-16-14/h9-12H,2-8H2,1H3. The van der Waals surface area contributed by atoms with Crippen molar-refractivity contribution in [1.29, 1.82) is 0 Å². The highest BCUT2D eigenvalue weighted by molar-refractivity contribution is 5.73. The fourth-order valence-electron chi connectivity index (χ4n) is 2.62. The van der Waals surface area contributed by atoms with Crippen LogP contribution in [0.5, 0.6) is 0 Å². The highest BCUT2D eigenvalue weighted by atomic mass is 16.1. The fraction of sp³-hybridized carbons (Fsp3) is 0.643. The second-order valence-electron chi connectivity index (χ2n) is 5.01. The summed E-state index contributed by atoms with van der Waals surface area (Å²) in [6, 6.07) is 0. The highest BCUT2D eigenvalue weighted by Crippen LogP contribution is 2.23. The van der Waals surface area contributed by atoms with Crippen molar-refractivity contribution >= 4 is 12.2 Å². The summed E-state index contributed by atoms with van der Waals surface area (Å²) >= 11 is 0. The molecular formula is C14H21N3O. The molecule has 4 nitrogen and oxygen atoms in total. The lowest BCUT2D eigenvalue weighted by molar-refractivity contribution is 0.112. The van der Waals surface area contributed by atoms with Crippen molar-refractivity contribution in [2.45, 2.75) is 39.0 Å². The van der Waals surface area contributed by atoms with E-state index in [1.54, 1.807) is 12.4 Å². The second-order valence-corrected chi connectivity index (χ2v) is 5.01. The number of aromatic nitrogens is 2. The van der Waals surface area contributed by atoms with Crippen molar-refractivity contribution < 1.29 is 4.79 Å². The molecule has 1 saturated heterocycles. The number of carbonyl (C=O) groups excluding carboxylic acids is 1. The van der Waals surface area contributed by atoms with Crippen molar-refractivity contribution in [3.05, 3.63) is 18.0 Å². The average Bonchev–Trinajstić information content (AvgIpc) is 2.65. The van der Waals surface area contributed by atoms with E-state index in [1.165, 1.54) is 32.1 Å². The number of carbonyl (C=O) groups is 1. The Bertz CT molecular complexity index is 377. The summed E-state index contributed by atoms with van der Waals surface area (Å²) in [4.78, 5) is 21.3. The van der Waals surface area contributed by atoms with Gasteiger partial charge < -0.3 is 4.90 Å². The Morgan fingerprint density at radius 2 is 2.11 bits per heavy atom. The molecule has 0 spiro atoms. The minimum Gasteiger partial charge on any atom is -0.341 e. The molecule has 0 aromatic carbocycles. The molecule has 1 unspecified atom stereocenters. The van der Waals surface area contributed by atoms with Gasteiger partial charge in [0.2, 0.25) is 5.95 Å².